The van der Waals surface area contributed by atoms with Crippen LogP contribution < -0.4 is 0 Å². The largest absolute Gasteiger partial charge is 0.390 e. The van der Waals surface area contributed by atoms with E-state index in [1.165, 1.54) is 32.1 Å². The molecule has 1 N–H and O–H groups in total. The fraction of sp³-hybridized carbons (Fsp3) is 1.00. The van der Waals surface area contributed by atoms with Gasteiger partial charge in [-0.05, 0) is 31.6 Å². The molecule has 2 heteroatoms. The zero-order chi connectivity index (χ0) is 9.10. The van der Waals surface area contributed by atoms with Crippen molar-refractivity contribution in [1.82, 2.24) is 0 Å². The van der Waals surface area contributed by atoms with Crippen LogP contribution in [0, 0.1) is 5.92 Å². The third kappa shape index (κ3) is 2.23. The molecule has 13 heavy (non-hydrogen) atoms. The maximum Gasteiger partial charge on any atom is 0.0837 e. The standard InChI is InChI=1S/C11H20O2/c12-11(10-7-4-8-13-10)9-5-2-1-3-6-9/h9-12H,1-8H2. The molecule has 1 aliphatic heterocycles. The number of aliphatic hydroxyl groups is 1. The van der Waals surface area contributed by atoms with E-state index in [4.69, 9.17) is 4.74 Å². The Bertz CT molecular complexity index is 146. The Hall–Kier alpha value is -0.0800. The molecule has 0 aromatic carbocycles. The highest BCUT2D eigenvalue weighted by Crippen LogP contribution is 2.31. The second-order valence-corrected chi connectivity index (χ2v) is 4.44. The second-order valence-electron chi connectivity index (χ2n) is 4.44. The van der Waals surface area contributed by atoms with Crippen molar-refractivity contribution in [3.8, 4) is 0 Å². The Balaban J connectivity index is 1.83. The lowest BCUT2D eigenvalue weighted by molar-refractivity contribution is -0.0401. The van der Waals surface area contributed by atoms with E-state index in [9.17, 15) is 5.11 Å². The molecule has 1 heterocycles. The third-order valence-electron chi connectivity index (χ3n) is 3.48. The van der Waals surface area contributed by atoms with E-state index in [1.54, 1.807) is 0 Å². The van der Waals surface area contributed by atoms with Gasteiger partial charge in [-0.3, -0.25) is 0 Å². The van der Waals surface area contributed by atoms with Gasteiger partial charge >= 0.3 is 0 Å². The van der Waals surface area contributed by atoms with Gasteiger partial charge < -0.3 is 9.84 Å². The molecule has 0 radical (unpaired) electrons. The summed E-state index contributed by atoms with van der Waals surface area (Å²) in [7, 11) is 0. The Labute approximate surface area is 80.3 Å². The topological polar surface area (TPSA) is 29.5 Å². The Morgan fingerprint density at radius 2 is 1.77 bits per heavy atom. The van der Waals surface area contributed by atoms with Gasteiger partial charge in [0, 0.05) is 6.61 Å². The maximum atomic E-state index is 10.0. The van der Waals surface area contributed by atoms with Crippen molar-refractivity contribution in [1.29, 1.82) is 0 Å². The summed E-state index contributed by atoms with van der Waals surface area (Å²) in [4.78, 5) is 0. The molecule has 2 aliphatic rings. The number of hydrogen-bond donors (Lipinski definition) is 1. The van der Waals surface area contributed by atoms with Gasteiger partial charge in [0.1, 0.15) is 0 Å². The van der Waals surface area contributed by atoms with Crippen molar-refractivity contribution in [2.45, 2.75) is 57.2 Å². The summed E-state index contributed by atoms with van der Waals surface area (Å²) in [5.74, 6) is 0.525. The summed E-state index contributed by atoms with van der Waals surface area (Å²) >= 11 is 0. The van der Waals surface area contributed by atoms with Gasteiger partial charge in [0.15, 0.2) is 0 Å². The van der Waals surface area contributed by atoms with Gasteiger partial charge in [-0.1, -0.05) is 19.3 Å². The molecule has 2 nitrogen and oxygen atoms in total. The first-order valence-electron chi connectivity index (χ1n) is 5.67. The lowest BCUT2D eigenvalue weighted by atomic mass is 9.83. The molecule has 1 aliphatic carbocycles. The zero-order valence-electron chi connectivity index (χ0n) is 8.24. The number of ether oxygens (including phenoxy) is 1. The van der Waals surface area contributed by atoms with Gasteiger partial charge in [-0.15, -0.1) is 0 Å². The minimum Gasteiger partial charge on any atom is -0.390 e. The monoisotopic (exact) mass is 184 g/mol. The fourth-order valence-corrected chi connectivity index (χ4v) is 2.65. The molecular formula is C11H20O2. The van der Waals surface area contributed by atoms with Gasteiger partial charge in [0.25, 0.3) is 0 Å². The molecule has 2 fully saturated rings. The third-order valence-corrected chi connectivity index (χ3v) is 3.48. The minimum atomic E-state index is -0.178. The van der Waals surface area contributed by atoms with Crippen LogP contribution in [-0.2, 0) is 4.74 Å². The normalized spacial score (nSPS) is 33.5. The van der Waals surface area contributed by atoms with Crippen molar-refractivity contribution in [2.75, 3.05) is 6.61 Å². The van der Waals surface area contributed by atoms with Crippen LogP contribution in [0.5, 0.6) is 0 Å². The molecule has 2 atom stereocenters. The van der Waals surface area contributed by atoms with Crippen molar-refractivity contribution in [2.24, 2.45) is 5.92 Å². The second kappa shape index (κ2) is 4.43. The van der Waals surface area contributed by atoms with Crippen molar-refractivity contribution < 1.29 is 9.84 Å². The zero-order valence-corrected chi connectivity index (χ0v) is 8.24. The highest BCUT2D eigenvalue weighted by atomic mass is 16.5. The molecule has 0 aromatic heterocycles. The van der Waals surface area contributed by atoms with Crippen LogP contribution in [0.25, 0.3) is 0 Å². The molecule has 2 unspecified atom stereocenters. The van der Waals surface area contributed by atoms with Crippen LogP contribution >= 0.6 is 0 Å². The first-order chi connectivity index (χ1) is 6.38. The van der Waals surface area contributed by atoms with Crippen LogP contribution in [0.4, 0.5) is 0 Å². The number of rotatable bonds is 2. The summed E-state index contributed by atoms with van der Waals surface area (Å²) in [6.45, 7) is 0.856. The van der Waals surface area contributed by atoms with E-state index >= 15 is 0 Å². The van der Waals surface area contributed by atoms with E-state index in [1.807, 2.05) is 0 Å². The Kier molecular flexibility index (Phi) is 3.23. The van der Waals surface area contributed by atoms with E-state index in [2.05, 4.69) is 0 Å². The Morgan fingerprint density at radius 3 is 2.38 bits per heavy atom. The molecule has 0 bridgehead atoms. The van der Waals surface area contributed by atoms with Crippen LogP contribution in [0.3, 0.4) is 0 Å². The van der Waals surface area contributed by atoms with E-state index < -0.39 is 0 Å². The van der Waals surface area contributed by atoms with Crippen molar-refractivity contribution in [3.05, 3.63) is 0 Å². The fourth-order valence-electron chi connectivity index (χ4n) is 2.65. The van der Waals surface area contributed by atoms with E-state index in [0.29, 0.717) is 5.92 Å². The van der Waals surface area contributed by atoms with Crippen molar-refractivity contribution >= 4 is 0 Å². The minimum absolute atomic E-state index is 0.156. The van der Waals surface area contributed by atoms with E-state index in [0.717, 1.165) is 19.4 Å². The highest BCUT2D eigenvalue weighted by molar-refractivity contribution is 4.81. The van der Waals surface area contributed by atoms with Gasteiger partial charge in [-0.25, -0.2) is 0 Å². The lowest BCUT2D eigenvalue weighted by Crippen LogP contribution is -2.34. The van der Waals surface area contributed by atoms with Crippen LogP contribution in [0.15, 0.2) is 0 Å². The highest BCUT2D eigenvalue weighted by Gasteiger charge is 2.31. The summed E-state index contributed by atoms with van der Waals surface area (Å²) < 4.78 is 5.52. The van der Waals surface area contributed by atoms with Crippen LogP contribution in [-0.4, -0.2) is 23.9 Å². The molecule has 2 rings (SSSR count). The molecule has 0 amide bonds. The molecule has 1 saturated heterocycles. The van der Waals surface area contributed by atoms with Gasteiger partial charge in [0.2, 0.25) is 0 Å². The molecule has 0 aromatic rings. The number of hydrogen-bond acceptors (Lipinski definition) is 2. The number of aliphatic hydroxyl groups excluding tert-OH is 1. The first-order valence-corrected chi connectivity index (χ1v) is 5.67. The molecular weight excluding hydrogens is 164 g/mol. The quantitative estimate of drug-likeness (QED) is 0.712. The predicted octanol–water partition coefficient (Wildman–Crippen LogP) is 2.11. The average Bonchev–Trinajstić information content (AvgIpc) is 2.71. The molecule has 0 spiro atoms. The lowest BCUT2D eigenvalue weighted by Gasteiger charge is -2.29. The SMILES string of the molecule is OC(C1CCCCC1)C1CCCO1. The molecule has 76 valence electrons. The van der Waals surface area contributed by atoms with Crippen LogP contribution in [0.1, 0.15) is 44.9 Å². The van der Waals surface area contributed by atoms with Gasteiger partial charge in [-0.2, -0.15) is 0 Å². The summed E-state index contributed by atoms with van der Waals surface area (Å²) in [5.41, 5.74) is 0. The summed E-state index contributed by atoms with van der Waals surface area (Å²) in [6, 6.07) is 0. The van der Waals surface area contributed by atoms with Gasteiger partial charge in [0.05, 0.1) is 12.2 Å². The average molecular weight is 184 g/mol. The smallest absolute Gasteiger partial charge is 0.0837 e. The van der Waals surface area contributed by atoms with E-state index in [-0.39, 0.29) is 12.2 Å². The Morgan fingerprint density at radius 1 is 1.00 bits per heavy atom. The maximum absolute atomic E-state index is 10.0. The summed E-state index contributed by atoms with van der Waals surface area (Å²) in [5, 5.41) is 10.0. The van der Waals surface area contributed by atoms with Crippen LogP contribution in [0.2, 0.25) is 0 Å². The predicted molar refractivity (Wildman–Crippen MR) is 51.6 cm³/mol. The first kappa shape index (κ1) is 9.47. The summed E-state index contributed by atoms with van der Waals surface area (Å²) in [6.07, 6.45) is 8.55. The molecule has 1 saturated carbocycles. The van der Waals surface area contributed by atoms with Crippen molar-refractivity contribution in [3.63, 3.8) is 0 Å².